The van der Waals surface area contributed by atoms with Gasteiger partial charge in [0, 0.05) is 0 Å². The number of rotatable bonds is 12. The fourth-order valence-corrected chi connectivity index (χ4v) is 3.27. The Morgan fingerprint density at radius 2 is 0.875 bits per heavy atom. The van der Waals surface area contributed by atoms with Gasteiger partial charge in [0.25, 0.3) is 0 Å². The molecule has 0 radical (unpaired) electrons. The van der Waals surface area contributed by atoms with Crippen LogP contribution in [-0.2, 0) is 9.53 Å². The largest absolute Gasteiger partial charge is 0.459 e. The van der Waals surface area contributed by atoms with Crippen molar-refractivity contribution in [2.45, 2.75) is 91.8 Å². The van der Waals surface area contributed by atoms with E-state index in [0.717, 1.165) is 0 Å². The van der Waals surface area contributed by atoms with Gasteiger partial charge in [-0.3, -0.25) is 4.79 Å². The van der Waals surface area contributed by atoms with Crippen molar-refractivity contribution in [3.8, 4) is 0 Å². The van der Waals surface area contributed by atoms with Crippen molar-refractivity contribution in [1.29, 1.82) is 0 Å². The highest BCUT2D eigenvalue weighted by Gasteiger charge is 2.96. The molecule has 0 aliphatic heterocycles. The third kappa shape index (κ3) is 5.01. The Labute approximate surface area is 209 Å². The van der Waals surface area contributed by atoms with E-state index in [4.69, 9.17) is 0 Å². The number of carbonyl (C=O) groups is 1. The molecule has 0 spiro atoms. The summed E-state index contributed by atoms with van der Waals surface area (Å²) in [5.41, 5.74) is 0. The summed E-state index contributed by atoms with van der Waals surface area (Å²) in [6.07, 6.45) is -5.39. The lowest BCUT2D eigenvalue weighted by molar-refractivity contribution is -0.465. The topological polar surface area (TPSA) is 26.3 Å². The monoisotopic (exact) mass is 642 g/mol. The van der Waals surface area contributed by atoms with Crippen molar-refractivity contribution in [3.05, 3.63) is 0 Å². The molecule has 1 rings (SSSR count). The van der Waals surface area contributed by atoms with Crippen LogP contribution in [0, 0.1) is 5.92 Å². The molecule has 1 aliphatic carbocycles. The van der Waals surface area contributed by atoms with Crippen molar-refractivity contribution in [3.63, 3.8) is 0 Å². The summed E-state index contributed by atoms with van der Waals surface area (Å²) in [4.78, 5) is 11.6. The number of alkyl halides is 20. The maximum Gasteiger partial charge on any atom is 0.385 e. The summed E-state index contributed by atoms with van der Waals surface area (Å²) >= 11 is 0. The summed E-state index contributed by atoms with van der Waals surface area (Å²) in [6, 6.07) is 0. The minimum atomic E-state index is -9.06. The zero-order valence-corrected chi connectivity index (χ0v) is 18.8. The average Bonchev–Trinajstić information content (AvgIpc) is 2.81. The van der Waals surface area contributed by atoms with E-state index in [0.29, 0.717) is 6.42 Å². The molecule has 22 heteroatoms. The molecule has 1 saturated carbocycles. The first-order valence-electron chi connectivity index (χ1n) is 10.3. The summed E-state index contributed by atoms with van der Waals surface area (Å²) in [5, 5.41) is 0. The van der Waals surface area contributed by atoms with E-state index < -0.39 is 78.2 Å². The molecule has 1 aliphatic rings. The van der Waals surface area contributed by atoms with Gasteiger partial charge in [-0.25, -0.2) is 8.78 Å². The molecule has 0 atom stereocenters. The lowest BCUT2D eigenvalue weighted by Gasteiger charge is -2.44. The molecule has 0 N–H and O–H groups in total. The second kappa shape index (κ2) is 10.4. The normalized spacial score (nSPS) is 18.3. The molecule has 0 bridgehead atoms. The van der Waals surface area contributed by atoms with Gasteiger partial charge in [0.15, 0.2) is 6.61 Å². The predicted molar refractivity (Wildman–Crippen MR) is 88.1 cm³/mol. The summed E-state index contributed by atoms with van der Waals surface area (Å²) in [7, 11) is 0. The van der Waals surface area contributed by atoms with E-state index in [1.807, 2.05) is 0 Å². The van der Waals surface area contributed by atoms with Crippen molar-refractivity contribution < 1.29 is 97.3 Å². The van der Waals surface area contributed by atoms with E-state index in [1.54, 1.807) is 0 Å². The second-order valence-electron chi connectivity index (χ2n) is 8.59. The Morgan fingerprint density at radius 1 is 0.550 bits per heavy atom. The van der Waals surface area contributed by atoms with Gasteiger partial charge in [-0.05, 0) is 12.8 Å². The highest BCUT2D eigenvalue weighted by Crippen LogP contribution is 2.65. The number of hydrogen-bond acceptors (Lipinski definition) is 2. The quantitative estimate of drug-likeness (QED) is 0.159. The Balaban J connectivity index is 3.49. The standard InChI is InChI=1S/C18H14F20O2/c19-9(20)11(23,24)13(27,28)15(31,32)17(35,36)18(37,38)16(33,34)14(29,30)12(25,26)10(21,22)6-40-8(39)7-4-2-1-3-5-7/h7,9H,1-6H2. The van der Waals surface area contributed by atoms with Gasteiger partial charge >= 0.3 is 65.7 Å². The first kappa shape index (κ1) is 36.1. The van der Waals surface area contributed by atoms with Gasteiger partial charge in [-0.2, -0.15) is 79.0 Å². The number of esters is 1. The van der Waals surface area contributed by atoms with E-state index >= 15 is 0 Å². The first-order chi connectivity index (χ1) is 17.4. The Hall–Kier alpha value is -1.93. The first-order valence-corrected chi connectivity index (χ1v) is 10.3. The van der Waals surface area contributed by atoms with Gasteiger partial charge < -0.3 is 4.74 Å². The summed E-state index contributed by atoms with van der Waals surface area (Å²) in [6.45, 7) is -3.31. The predicted octanol–water partition coefficient (Wildman–Crippen LogP) is 8.09. The van der Waals surface area contributed by atoms with E-state index in [2.05, 4.69) is 4.74 Å². The van der Waals surface area contributed by atoms with Crippen LogP contribution >= 0.6 is 0 Å². The van der Waals surface area contributed by atoms with Crippen LogP contribution in [0.3, 0.4) is 0 Å². The molecule has 0 aromatic rings. The van der Waals surface area contributed by atoms with Crippen LogP contribution < -0.4 is 0 Å². The molecule has 40 heavy (non-hydrogen) atoms. The molecule has 0 unspecified atom stereocenters. The Bertz CT molecular complexity index is 905. The third-order valence-electron chi connectivity index (χ3n) is 5.85. The fourth-order valence-electron chi connectivity index (χ4n) is 3.27. The number of ether oxygens (including phenoxy) is 1. The van der Waals surface area contributed by atoms with Gasteiger partial charge in [-0.15, -0.1) is 0 Å². The van der Waals surface area contributed by atoms with Crippen molar-refractivity contribution >= 4 is 5.97 Å². The average molecular weight is 642 g/mol. The van der Waals surface area contributed by atoms with Crippen LogP contribution in [0.4, 0.5) is 87.8 Å². The smallest absolute Gasteiger partial charge is 0.385 e. The Kier molecular flexibility index (Phi) is 9.39. The summed E-state index contributed by atoms with van der Waals surface area (Å²) in [5.74, 6) is -78.8. The molecule has 2 nitrogen and oxygen atoms in total. The third-order valence-corrected chi connectivity index (χ3v) is 5.85. The fraction of sp³-hybridized carbons (Fsp3) is 0.944. The van der Waals surface area contributed by atoms with Crippen LogP contribution in [0.15, 0.2) is 0 Å². The molecule has 0 amide bonds. The van der Waals surface area contributed by atoms with Crippen LogP contribution in [0.1, 0.15) is 32.1 Å². The SMILES string of the molecule is O=C(OCC(F)(F)C(F)(F)C(F)(F)C(F)(F)C(F)(F)C(F)(F)C(F)(F)C(F)(F)C(F)(F)C(F)F)C1CCCCC1. The molecule has 0 aromatic carbocycles. The van der Waals surface area contributed by atoms with Crippen LogP contribution in [-0.4, -0.2) is 72.3 Å². The maximum absolute atomic E-state index is 13.8. The number of carbonyl (C=O) groups excluding carboxylic acids is 1. The minimum absolute atomic E-state index is 0.125. The molecule has 0 saturated heterocycles. The van der Waals surface area contributed by atoms with Crippen molar-refractivity contribution in [1.82, 2.24) is 0 Å². The van der Waals surface area contributed by atoms with Gasteiger partial charge in [0.2, 0.25) is 0 Å². The molecular weight excluding hydrogens is 628 g/mol. The van der Waals surface area contributed by atoms with Crippen molar-refractivity contribution in [2.24, 2.45) is 5.92 Å². The van der Waals surface area contributed by atoms with Gasteiger partial charge in [0.05, 0.1) is 5.92 Å². The van der Waals surface area contributed by atoms with Crippen LogP contribution in [0.2, 0.25) is 0 Å². The van der Waals surface area contributed by atoms with E-state index in [-0.39, 0.29) is 25.7 Å². The molecule has 0 aromatic heterocycles. The van der Waals surface area contributed by atoms with Crippen LogP contribution in [0.25, 0.3) is 0 Å². The van der Waals surface area contributed by atoms with Gasteiger partial charge in [0.1, 0.15) is 0 Å². The van der Waals surface area contributed by atoms with Gasteiger partial charge in [-0.1, -0.05) is 19.3 Å². The molecule has 0 heterocycles. The molecule has 238 valence electrons. The highest BCUT2D eigenvalue weighted by molar-refractivity contribution is 5.72. The van der Waals surface area contributed by atoms with Crippen LogP contribution in [0.5, 0.6) is 0 Å². The highest BCUT2D eigenvalue weighted by atomic mass is 19.4. The lowest BCUT2D eigenvalue weighted by Crippen LogP contribution is -2.76. The zero-order chi connectivity index (χ0) is 32.2. The molecule has 1 fully saturated rings. The maximum atomic E-state index is 13.8. The Morgan fingerprint density at radius 3 is 1.23 bits per heavy atom. The zero-order valence-electron chi connectivity index (χ0n) is 18.8. The van der Waals surface area contributed by atoms with E-state index in [9.17, 15) is 92.6 Å². The number of hydrogen-bond donors (Lipinski definition) is 0. The minimum Gasteiger partial charge on any atom is -0.459 e. The summed E-state index contributed by atoms with van der Waals surface area (Å²) < 4.78 is 271. The lowest BCUT2D eigenvalue weighted by atomic mass is 9.86. The molecular formula is C18H14F20O2. The number of halogens is 20. The van der Waals surface area contributed by atoms with Crippen molar-refractivity contribution in [2.75, 3.05) is 6.61 Å². The van der Waals surface area contributed by atoms with E-state index in [1.165, 1.54) is 0 Å². The second-order valence-corrected chi connectivity index (χ2v) is 8.59.